The van der Waals surface area contributed by atoms with Gasteiger partial charge < -0.3 is 20.1 Å². The molecule has 0 bridgehead atoms. The van der Waals surface area contributed by atoms with Crippen molar-refractivity contribution in [2.24, 2.45) is 0 Å². The molecule has 1 aromatic heterocycles. The average Bonchev–Trinajstić information content (AvgIpc) is 2.96. The largest absolute Gasteiger partial charge is 0.344 e. The van der Waals surface area contributed by atoms with E-state index >= 15 is 0 Å². The Morgan fingerprint density at radius 3 is 2.81 bits per heavy atom. The van der Waals surface area contributed by atoms with Crippen molar-refractivity contribution in [3.05, 3.63) is 22.2 Å². The van der Waals surface area contributed by atoms with E-state index in [2.05, 4.69) is 15.3 Å². The van der Waals surface area contributed by atoms with Gasteiger partial charge in [0.25, 0.3) is 5.56 Å². The van der Waals surface area contributed by atoms with Crippen LogP contribution in [0, 0.1) is 6.92 Å². The molecule has 2 aliphatic rings. The van der Waals surface area contributed by atoms with Gasteiger partial charge in [-0.1, -0.05) is 0 Å². The van der Waals surface area contributed by atoms with Crippen molar-refractivity contribution in [1.29, 1.82) is 0 Å². The molecule has 7 heteroatoms. The molecule has 2 fully saturated rings. The van der Waals surface area contributed by atoms with E-state index in [4.69, 9.17) is 0 Å². The van der Waals surface area contributed by atoms with Crippen molar-refractivity contribution in [2.75, 3.05) is 37.6 Å². The molecule has 1 aromatic rings. The van der Waals surface area contributed by atoms with Gasteiger partial charge in [-0.2, -0.15) is 0 Å². The highest BCUT2D eigenvalue weighted by molar-refractivity contribution is 5.85. The van der Waals surface area contributed by atoms with E-state index in [0.717, 1.165) is 45.6 Å². The van der Waals surface area contributed by atoms with Gasteiger partial charge >= 0.3 is 0 Å². The zero-order valence-corrected chi connectivity index (χ0v) is 12.3. The first-order valence-electron chi connectivity index (χ1n) is 7.49. The number of aromatic nitrogens is 2. The van der Waals surface area contributed by atoms with Crippen LogP contribution >= 0.6 is 0 Å². The second kappa shape index (κ2) is 5.85. The van der Waals surface area contributed by atoms with E-state index in [1.807, 2.05) is 9.80 Å². The molecule has 0 aromatic carbocycles. The number of H-pyrrole nitrogens is 1. The van der Waals surface area contributed by atoms with E-state index in [1.54, 1.807) is 6.92 Å². The Kier molecular flexibility index (Phi) is 3.92. The summed E-state index contributed by atoms with van der Waals surface area (Å²) in [5.41, 5.74) is -0.169. The highest BCUT2D eigenvalue weighted by Gasteiger charge is 2.35. The minimum atomic E-state index is -0.184. The van der Waals surface area contributed by atoms with Crippen molar-refractivity contribution in [3.63, 3.8) is 0 Å². The number of nitrogens with one attached hydrogen (secondary N) is 2. The van der Waals surface area contributed by atoms with Gasteiger partial charge in [0.2, 0.25) is 5.91 Å². The topological polar surface area (TPSA) is 81.3 Å². The van der Waals surface area contributed by atoms with Gasteiger partial charge in [0.1, 0.15) is 17.7 Å². The lowest BCUT2D eigenvalue weighted by molar-refractivity contribution is -0.133. The number of hydrogen-bond donors (Lipinski definition) is 2. The van der Waals surface area contributed by atoms with Crippen LogP contribution in [0.1, 0.15) is 18.7 Å². The number of hydrogen-bond acceptors (Lipinski definition) is 5. The van der Waals surface area contributed by atoms with Crippen LogP contribution in [0.2, 0.25) is 0 Å². The van der Waals surface area contributed by atoms with Gasteiger partial charge in [-0.3, -0.25) is 9.59 Å². The molecule has 2 saturated heterocycles. The lowest BCUT2D eigenvalue weighted by atomic mass is 10.1. The highest BCUT2D eigenvalue weighted by atomic mass is 16.2. The van der Waals surface area contributed by atoms with Crippen molar-refractivity contribution < 1.29 is 4.79 Å². The summed E-state index contributed by atoms with van der Waals surface area (Å²) < 4.78 is 0. The fraction of sp³-hybridized carbons (Fsp3) is 0.643. The number of amides is 1. The average molecular weight is 291 g/mol. The number of rotatable bonds is 2. The van der Waals surface area contributed by atoms with E-state index in [1.165, 1.54) is 6.07 Å². The Bertz CT molecular complexity index is 579. The zero-order chi connectivity index (χ0) is 14.8. The molecule has 21 heavy (non-hydrogen) atoms. The van der Waals surface area contributed by atoms with Crippen molar-refractivity contribution >= 4 is 11.7 Å². The van der Waals surface area contributed by atoms with Gasteiger partial charge in [-0.25, -0.2) is 4.98 Å². The summed E-state index contributed by atoms with van der Waals surface area (Å²) in [4.78, 5) is 35.2. The van der Waals surface area contributed by atoms with Crippen LogP contribution in [0.4, 0.5) is 5.82 Å². The third kappa shape index (κ3) is 2.92. The summed E-state index contributed by atoms with van der Waals surface area (Å²) in [6.07, 6.45) is 1.78. The number of nitrogens with zero attached hydrogens (tertiary/aromatic N) is 3. The maximum absolute atomic E-state index is 12.7. The molecule has 0 aliphatic carbocycles. The quantitative estimate of drug-likeness (QED) is 0.766. The lowest BCUT2D eigenvalue weighted by Gasteiger charge is -2.33. The Hall–Kier alpha value is -1.89. The summed E-state index contributed by atoms with van der Waals surface area (Å²) in [6.45, 7) is 5.74. The van der Waals surface area contributed by atoms with E-state index in [9.17, 15) is 9.59 Å². The molecule has 3 heterocycles. The summed E-state index contributed by atoms with van der Waals surface area (Å²) in [5, 5.41) is 3.25. The fourth-order valence-electron chi connectivity index (χ4n) is 3.10. The molecular weight excluding hydrogens is 270 g/mol. The molecule has 2 N–H and O–H groups in total. The summed E-state index contributed by atoms with van der Waals surface area (Å²) in [5.74, 6) is 1.36. The third-order valence-electron chi connectivity index (χ3n) is 4.11. The number of aromatic amines is 1. The van der Waals surface area contributed by atoms with Crippen molar-refractivity contribution in [3.8, 4) is 0 Å². The first-order valence-corrected chi connectivity index (χ1v) is 7.49. The maximum Gasteiger partial charge on any atom is 0.252 e. The summed E-state index contributed by atoms with van der Waals surface area (Å²) >= 11 is 0. The SMILES string of the molecule is Cc1nc(N2CCCC2C(=O)N2CCNCC2)cc(=O)[nH]1. The van der Waals surface area contributed by atoms with Gasteiger partial charge in [0.15, 0.2) is 0 Å². The van der Waals surface area contributed by atoms with E-state index in [0.29, 0.717) is 11.6 Å². The number of piperazine rings is 1. The molecule has 0 radical (unpaired) electrons. The zero-order valence-electron chi connectivity index (χ0n) is 12.3. The van der Waals surface area contributed by atoms with Crippen LogP contribution in [0.25, 0.3) is 0 Å². The molecule has 0 saturated carbocycles. The Morgan fingerprint density at radius 2 is 2.10 bits per heavy atom. The van der Waals surface area contributed by atoms with E-state index < -0.39 is 0 Å². The van der Waals surface area contributed by atoms with Gasteiger partial charge in [-0.15, -0.1) is 0 Å². The monoisotopic (exact) mass is 291 g/mol. The molecular formula is C14H21N5O2. The third-order valence-corrected chi connectivity index (χ3v) is 4.11. The molecule has 2 aliphatic heterocycles. The number of aryl methyl sites for hydroxylation is 1. The maximum atomic E-state index is 12.7. The Balaban J connectivity index is 1.81. The smallest absolute Gasteiger partial charge is 0.252 e. The van der Waals surface area contributed by atoms with Crippen LogP contribution in [-0.2, 0) is 4.79 Å². The Morgan fingerprint density at radius 1 is 1.33 bits per heavy atom. The fourth-order valence-corrected chi connectivity index (χ4v) is 3.10. The van der Waals surface area contributed by atoms with Crippen molar-refractivity contribution in [1.82, 2.24) is 20.2 Å². The van der Waals surface area contributed by atoms with Gasteiger partial charge in [0, 0.05) is 38.8 Å². The number of anilines is 1. The number of carbonyl (C=O) groups is 1. The summed E-state index contributed by atoms with van der Waals surface area (Å²) in [6, 6.07) is 1.30. The van der Waals surface area contributed by atoms with Gasteiger partial charge in [-0.05, 0) is 19.8 Å². The molecule has 1 unspecified atom stereocenters. The molecule has 1 amide bonds. The summed E-state index contributed by atoms with van der Waals surface area (Å²) in [7, 11) is 0. The molecule has 0 spiro atoms. The second-order valence-electron chi connectivity index (χ2n) is 5.62. The lowest BCUT2D eigenvalue weighted by Crippen LogP contribution is -2.52. The normalized spacial score (nSPS) is 22.6. The molecule has 3 rings (SSSR count). The minimum Gasteiger partial charge on any atom is -0.344 e. The van der Waals surface area contributed by atoms with Crippen LogP contribution in [0.3, 0.4) is 0 Å². The van der Waals surface area contributed by atoms with Crippen molar-refractivity contribution in [2.45, 2.75) is 25.8 Å². The second-order valence-corrected chi connectivity index (χ2v) is 5.62. The molecule has 7 nitrogen and oxygen atoms in total. The van der Waals surface area contributed by atoms with Crippen LogP contribution < -0.4 is 15.8 Å². The van der Waals surface area contributed by atoms with E-state index in [-0.39, 0.29) is 17.5 Å². The standard InChI is InChI=1S/C14H21N5O2/c1-10-16-12(9-13(20)17-10)19-6-2-3-11(19)14(21)18-7-4-15-5-8-18/h9,11,15H,2-8H2,1H3,(H,16,17,20). The van der Waals surface area contributed by atoms with Crippen LogP contribution in [-0.4, -0.2) is 59.5 Å². The molecule has 114 valence electrons. The minimum absolute atomic E-state index is 0.161. The van der Waals surface area contributed by atoms with Crippen LogP contribution in [0.15, 0.2) is 10.9 Å². The Labute approximate surface area is 123 Å². The predicted molar refractivity (Wildman–Crippen MR) is 79.4 cm³/mol. The van der Waals surface area contributed by atoms with Gasteiger partial charge in [0.05, 0.1) is 0 Å². The van der Waals surface area contributed by atoms with Crippen LogP contribution in [0.5, 0.6) is 0 Å². The first-order chi connectivity index (χ1) is 10.1. The first kappa shape index (κ1) is 14.1. The molecule has 1 atom stereocenters. The number of carbonyl (C=O) groups excluding carboxylic acids is 1. The predicted octanol–water partition coefficient (Wildman–Crippen LogP) is -0.521. The highest BCUT2D eigenvalue weighted by Crippen LogP contribution is 2.24.